The highest BCUT2D eigenvalue weighted by atomic mass is 16.5. The molecule has 0 unspecified atom stereocenters. The molecule has 1 amide bonds. The number of hydrogen-bond donors (Lipinski definition) is 2. The van der Waals surface area contributed by atoms with E-state index in [1.54, 1.807) is 36.6 Å². The van der Waals surface area contributed by atoms with E-state index in [2.05, 4.69) is 30.5 Å². The van der Waals surface area contributed by atoms with Crippen molar-refractivity contribution in [2.75, 3.05) is 20.3 Å². The summed E-state index contributed by atoms with van der Waals surface area (Å²) < 4.78 is 12.5. The number of H-pyrrole nitrogens is 1. The highest BCUT2D eigenvalue weighted by Crippen LogP contribution is 2.22. The van der Waals surface area contributed by atoms with Crippen LogP contribution in [-0.4, -0.2) is 68.1 Å². The molecule has 1 fully saturated rings. The van der Waals surface area contributed by atoms with Gasteiger partial charge in [0.2, 0.25) is 5.95 Å². The fourth-order valence-corrected chi connectivity index (χ4v) is 3.41. The van der Waals surface area contributed by atoms with Gasteiger partial charge in [0.05, 0.1) is 25.5 Å². The molecule has 0 saturated heterocycles. The third-order valence-electron chi connectivity index (χ3n) is 4.89. The zero-order chi connectivity index (χ0) is 19.3. The first-order valence-electron chi connectivity index (χ1n) is 9.35. The highest BCUT2D eigenvalue weighted by Gasteiger charge is 2.25. The first-order valence-corrected chi connectivity index (χ1v) is 9.35. The highest BCUT2D eigenvalue weighted by molar-refractivity contribution is 6.02. The number of carbonyl (C=O) groups excluding carboxylic acids is 1. The number of ether oxygens (including phenoxy) is 2. The monoisotopic (exact) mass is 385 g/mol. The quantitative estimate of drug-likeness (QED) is 0.587. The lowest BCUT2D eigenvalue weighted by atomic mass is 9.93. The predicted molar refractivity (Wildman–Crippen MR) is 100 cm³/mol. The van der Waals surface area contributed by atoms with E-state index in [1.165, 1.54) is 0 Å². The van der Waals surface area contributed by atoms with Gasteiger partial charge in [-0.05, 0) is 25.7 Å². The summed E-state index contributed by atoms with van der Waals surface area (Å²) in [5.74, 6) is 0.147. The molecule has 0 spiro atoms. The number of methoxy groups -OCH3 is 1. The molecule has 148 valence electrons. The van der Waals surface area contributed by atoms with Crippen molar-refractivity contribution >= 4 is 16.9 Å². The van der Waals surface area contributed by atoms with Gasteiger partial charge in [-0.1, -0.05) is 0 Å². The predicted octanol–water partition coefficient (Wildman–Crippen LogP) is 1.24. The van der Waals surface area contributed by atoms with Crippen LogP contribution in [0.3, 0.4) is 0 Å². The molecule has 10 nitrogen and oxygen atoms in total. The first kappa shape index (κ1) is 18.5. The number of hydrogen-bond acceptors (Lipinski definition) is 7. The second kappa shape index (κ2) is 8.44. The Morgan fingerprint density at radius 1 is 1.29 bits per heavy atom. The molecule has 10 heteroatoms. The van der Waals surface area contributed by atoms with Crippen molar-refractivity contribution in [3.63, 3.8) is 0 Å². The van der Waals surface area contributed by atoms with Gasteiger partial charge in [-0.25, -0.2) is 15.0 Å². The van der Waals surface area contributed by atoms with Gasteiger partial charge in [0.15, 0.2) is 5.69 Å². The fraction of sp³-hybridized carbons (Fsp3) is 0.500. The molecule has 2 N–H and O–H groups in total. The third kappa shape index (κ3) is 4.02. The van der Waals surface area contributed by atoms with Gasteiger partial charge in [0.1, 0.15) is 17.4 Å². The maximum atomic E-state index is 12.9. The van der Waals surface area contributed by atoms with Crippen molar-refractivity contribution in [3.05, 3.63) is 30.6 Å². The lowest BCUT2D eigenvalue weighted by Crippen LogP contribution is -2.39. The molecule has 4 rings (SSSR count). The van der Waals surface area contributed by atoms with Gasteiger partial charge in [-0.2, -0.15) is 5.10 Å². The third-order valence-corrected chi connectivity index (χ3v) is 4.89. The average molecular weight is 385 g/mol. The van der Waals surface area contributed by atoms with Gasteiger partial charge in [0.25, 0.3) is 5.91 Å². The van der Waals surface area contributed by atoms with E-state index in [0.29, 0.717) is 30.2 Å². The second-order valence-corrected chi connectivity index (χ2v) is 6.78. The van der Waals surface area contributed by atoms with Crippen LogP contribution < -0.4 is 5.32 Å². The molecule has 3 heterocycles. The minimum Gasteiger partial charge on any atom is -0.382 e. The SMILES string of the molecule is COCCO[C@H]1CC[C@H](NC(=O)c2nc(-n3ccnc3)nc3cn[nH]c23)CC1. The molecular weight excluding hydrogens is 362 g/mol. The van der Waals surface area contributed by atoms with E-state index in [0.717, 1.165) is 25.7 Å². The van der Waals surface area contributed by atoms with Gasteiger partial charge >= 0.3 is 0 Å². The van der Waals surface area contributed by atoms with Crippen molar-refractivity contribution in [1.82, 2.24) is 35.0 Å². The molecule has 1 aliphatic rings. The number of nitrogens with one attached hydrogen (secondary N) is 2. The molecule has 28 heavy (non-hydrogen) atoms. The summed E-state index contributed by atoms with van der Waals surface area (Å²) in [6, 6.07) is 0.0967. The van der Waals surface area contributed by atoms with Gasteiger partial charge in [-0.3, -0.25) is 14.5 Å². The van der Waals surface area contributed by atoms with Crippen LogP contribution in [-0.2, 0) is 9.47 Å². The van der Waals surface area contributed by atoms with Crippen LogP contribution in [0.1, 0.15) is 36.2 Å². The van der Waals surface area contributed by atoms with Crippen LogP contribution in [0.15, 0.2) is 24.9 Å². The Kier molecular flexibility index (Phi) is 5.58. The van der Waals surface area contributed by atoms with E-state index in [9.17, 15) is 4.79 Å². The van der Waals surface area contributed by atoms with Gasteiger partial charge in [-0.15, -0.1) is 0 Å². The summed E-state index contributed by atoms with van der Waals surface area (Å²) >= 11 is 0. The van der Waals surface area contributed by atoms with E-state index in [4.69, 9.17) is 9.47 Å². The number of nitrogens with zero attached hydrogens (tertiary/aromatic N) is 5. The number of fused-ring (bicyclic) bond motifs is 1. The van der Waals surface area contributed by atoms with Crippen LogP contribution in [0.25, 0.3) is 17.0 Å². The molecule has 0 bridgehead atoms. The number of rotatable bonds is 7. The first-order chi connectivity index (χ1) is 13.7. The number of carbonyl (C=O) groups is 1. The van der Waals surface area contributed by atoms with Crippen LogP contribution in [0.2, 0.25) is 0 Å². The lowest BCUT2D eigenvalue weighted by molar-refractivity contribution is -0.00409. The Labute approximate surface area is 161 Å². The molecule has 0 aromatic carbocycles. The van der Waals surface area contributed by atoms with Crippen molar-refractivity contribution in [1.29, 1.82) is 0 Å². The number of aromatic nitrogens is 6. The van der Waals surface area contributed by atoms with Crippen LogP contribution >= 0.6 is 0 Å². The minimum absolute atomic E-state index is 0.0967. The van der Waals surface area contributed by atoms with E-state index < -0.39 is 0 Å². The van der Waals surface area contributed by atoms with Crippen molar-refractivity contribution in [2.45, 2.75) is 37.8 Å². The second-order valence-electron chi connectivity index (χ2n) is 6.78. The van der Waals surface area contributed by atoms with E-state index >= 15 is 0 Å². The Bertz CT molecular complexity index is 917. The summed E-state index contributed by atoms with van der Waals surface area (Å²) in [6.45, 7) is 1.21. The Hall–Kier alpha value is -2.85. The van der Waals surface area contributed by atoms with Crippen molar-refractivity contribution in [2.24, 2.45) is 0 Å². The summed E-state index contributed by atoms with van der Waals surface area (Å²) in [5.41, 5.74) is 1.39. The van der Waals surface area contributed by atoms with Crippen LogP contribution in [0, 0.1) is 0 Å². The molecule has 0 atom stereocenters. The maximum Gasteiger partial charge on any atom is 0.272 e. The Morgan fingerprint density at radius 3 is 2.89 bits per heavy atom. The zero-order valence-corrected chi connectivity index (χ0v) is 15.7. The van der Waals surface area contributed by atoms with Crippen molar-refractivity contribution < 1.29 is 14.3 Å². The van der Waals surface area contributed by atoms with Gasteiger partial charge < -0.3 is 14.8 Å². The standard InChI is InChI=1S/C18H23N7O3/c1-27-8-9-28-13-4-2-12(3-5-13)21-17(26)16-15-14(10-20-24-15)22-18(23-16)25-7-6-19-11-25/h6-7,10-13H,2-5,8-9H2,1H3,(H,20,24)(H,21,26)/t12-,13-. The topological polar surface area (TPSA) is 120 Å². The summed E-state index contributed by atoms with van der Waals surface area (Å²) in [6.07, 6.45) is 10.3. The van der Waals surface area contributed by atoms with Gasteiger partial charge in [0, 0.05) is 25.5 Å². The number of amides is 1. The van der Waals surface area contributed by atoms with E-state index in [-0.39, 0.29) is 23.7 Å². The van der Waals surface area contributed by atoms with Crippen LogP contribution in [0.4, 0.5) is 0 Å². The Morgan fingerprint density at radius 2 is 2.14 bits per heavy atom. The minimum atomic E-state index is -0.234. The van der Waals surface area contributed by atoms with Crippen molar-refractivity contribution in [3.8, 4) is 5.95 Å². The smallest absolute Gasteiger partial charge is 0.272 e. The van der Waals surface area contributed by atoms with Crippen LogP contribution in [0.5, 0.6) is 0 Å². The zero-order valence-electron chi connectivity index (χ0n) is 15.7. The molecule has 3 aromatic rings. The average Bonchev–Trinajstić information content (AvgIpc) is 3.40. The molecular formula is C18H23N7O3. The summed E-state index contributed by atoms with van der Waals surface area (Å²) in [7, 11) is 1.66. The molecule has 3 aromatic heterocycles. The van der Waals surface area contributed by atoms with E-state index in [1.807, 2.05) is 0 Å². The molecule has 0 aliphatic heterocycles. The fourth-order valence-electron chi connectivity index (χ4n) is 3.41. The normalized spacial score (nSPS) is 19.8. The molecule has 1 aliphatic carbocycles. The molecule has 1 saturated carbocycles. The maximum absolute atomic E-state index is 12.9. The lowest BCUT2D eigenvalue weighted by Gasteiger charge is -2.29. The largest absolute Gasteiger partial charge is 0.382 e. The number of imidazole rings is 1. The summed E-state index contributed by atoms with van der Waals surface area (Å²) in [4.78, 5) is 25.8. The molecule has 0 radical (unpaired) electrons. The summed E-state index contributed by atoms with van der Waals surface area (Å²) in [5, 5.41) is 9.92. The Balaban J connectivity index is 1.44. The number of aromatic amines is 1.